The first-order valence-electron chi connectivity index (χ1n) is 8.88. The molecule has 1 aromatic heterocycles. The minimum absolute atomic E-state index is 0.0265. The van der Waals surface area contributed by atoms with Crippen LogP contribution in [0, 0.1) is 5.92 Å². The Kier molecular flexibility index (Phi) is 5.30. The number of nitrogens with zero attached hydrogens (tertiary/aromatic N) is 2. The second-order valence-electron chi connectivity index (χ2n) is 6.99. The van der Waals surface area contributed by atoms with Crippen molar-refractivity contribution in [1.29, 1.82) is 0 Å². The average molecular weight is 355 g/mol. The summed E-state index contributed by atoms with van der Waals surface area (Å²) < 4.78 is 7.08. The maximum Gasteiger partial charge on any atom is 0.270 e. The van der Waals surface area contributed by atoms with Gasteiger partial charge in [-0.1, -0.05) is 13.8 Å². The lowest BCUT2D eigenvalue weighted by Gasteiger charge is -2.37. The molecule has 0 saturated heterocycles. The first-order valence-corrected chi connectivity index (χ1v) is 8.88. The molecule has 1 aliphatic rings. The van der Waals surface area contributed by atoms with Gasteiger partial charge in [0, 0.05) is 31.4 Å². The fourth-order valence-electron chi connectivity index (χ4n) is 3.26. The molecule has 0 aliphatic carbocycles. The van der Waals surface area contributed by atoms with E-state index < -0.39 is 0 Å². The first kappa shape index (κ1) is 18.0. The minimum Gasteiger partial charge on any atom is -0.497 e. The van der Waals surface area contributed by atoms with Gasteiger partial charge in [-0.2, -0.15) is 0 Å². The van der Waals surface area contributed by atoms with E-state index in [0.29, 0.717) is 42.6 Å². The van der Waals surface area contributed by atoms with Gasteiger partial charge in [-0.05, 0) is 42.3 Å². The molecule has 1 atom stereocenters. The third kappa shape index (κ3) is 3.74. The Morgan fingerprint density at radius 1 is 1.27 bits per heavy atom. The second kappa shape index (κ2) is 7.64. The van der Waals surface area contributed by atoms with Crippen LogP contribution in [0.1, 0.15) is 34.7 Å². The van der Waals surface area contributed by atoms with Gasteiger partial charge in [0.05, 0.1) is 13.2 Å². The van der Waals surface area contributed by atoms with Crippen LogP contribution in [-0.4, -0.2) is 47.5 Å². The van der Waals surface area contributed by atoms with Crippen LogP contribution in [0.4, 0.5) is 0 Å². The molecular weight excluding hydrogens is 330 g/mol. The Morgan fingerprint density at radius 3 is 2.65 bits per heavy atom. The summed E-state index contributed by atoms with van der Waals surface area (Å²) in [6.45, 7) is 5.96. The molecule has 1 aliphatic heterocycles. The maximum absolute atomic E-state index is 12.8. The normalized spacial score (nSPS) is 16.5. The molecule has 1 N–H and O–H groups in total. The van der Waals surface area contributed by atoms with Crippen molar-refractivity contribution in [3.05, 3.63) is 53.9 Å². The smallest absolute Gasteiger partial charge is 0.270 e. The number of amides is 2. The van der Waals surface area contributed by atoms with Crippen molar-refractivity contribution in [2.75, 3.05) is 20.2 Å². The number of benzene rings is 1. The molecule has 0 bridgehead atoms. The number of carbonyl (C=O) groups excluding carboxylic acids is 2. The molecule has 138 valence electrons. The summed E-state index contributed by atoms with van der Waals surface area (Å²) >= 11 is 0. The largest absolute Gasteiger partial charge is 0.497 e. The van der Waals surface area contributed by atoms with Gasteiger partial charge in [-0.3, -0.25) is 9.59 Å². The molecule has 2 heterocycles. The van der Waals surface area contributed by atoms with E-state index in [2.05, 4.69) is 19.2 Å². The number of hydrogen-bond donors (Lipinski definition) is 1. The highest BCUT2D eigenvalue weighted by atomic mass is 16.5. The quantitative estimate of drug-likeness (QED) is 0.865. The van der Waals surface area contributed by atoms with Gasteiger partial charge in [-0.25, -0.2) is 0 Å². The van der Waals surface area contributed by atoms with Gasteiger partial charge in [0.2, 0.25) is 0 Å². The van der Waals surface area contributed by atoms with Crippen LogP contribution in [0.15, 0.2) is 42.6 Å². The SMILES string of the molecule is COc1ccc(C(=O)NCC2Cn3cccc3C(=O)N2CC(C)C)cc1. The van der Waals surface area contributed by atoms with E-state index in [1.54, 1.807) is 31.4 Å². The molecule has 1 unspecified atom stereocenters. The summed E-state index contributed by atoms with van der Waals surface area (Å²) in [6, 6.07) is 10.7. The lowest BCUT2D eigenvalue weighted by atomic mass is 10.1. The van der Waals surface area contributed by atoms with Gasteiger partial charge in [0.25, 0.3) is 11.8 Å². The minimum atomic E-state index is -0.150. The predicted octanol–water partition coefficient (Wildman–Crippen LogP) is 2.41. The first-order chi connectivity index (χ1) is 12.5. The van der Waals surface area contributed by atoms with Crippen LogP contribution in [0.25, 0.3) is 0 Å². The molecule has 2 aromatic rings. The van der Waals surface area contributed by atoms with E-state index in [1.807, 2.05) is 27.8 Å². The highest BCUT2D eigenvalue weighted by molar-refractivity contribution is 5.95. The molecule has 0 radical (unpaired) electrons. The van der Waals surface area contributed by atoms with Gasteiger partial charge in [0.15, 0.2) is 0 Å². The highest BCUT2D eigenvalue weighted by Gasteiger charge is 2.32. The predicted molar refractivity (Wildman–Crippen MR) is 99.4 cm³/mol. The zero-order valence-corrected chi connectivity index (χ0v) is 15.4. The second-order valence-corrected chi connectivity index (χ2v) is 6.99. The molecule has 3 rings (SSSR count). The van der Waals surface area contributed by atoms with E-state index in [4.69, 9.17) is 4.74 Å². The van der Waals surface area contributed by atoms with E-state index >= 15 is 0 Å². The van der Waals surface area contributed by atoms with Crippen molar-refractivity contribution in [2.45, 2.75) is 26.4 Å². The van der Waals surface area contributed by atoms with Crippen LogP contribution < -0.4 is 10.1 Å². The molecule has 6 nitrogen and oxygen atoms in total. The third-order valence-electron chi connectivity index (χ3n) is 4.57. The Labute approximate surface area is 153 Å². The Balaban J connectivity index is 1.70. The number of nitrogens with one attached hydrogen (secondary N) is 1. The van der Waals surface area contributed by atoms with Crippen LogP contribution >= 0.6 is 0 Å². The molecule has 26 heavy (non-hydrogen) atoms. The van der Waals surface area contributed by atoms with E-state index in [1.165, 1.54) is 0 Å². The Morgan fingerprint density at radius 2 is 2.00 bits per heavy atom. The van der Waals surface area contributed by atoms with E-state index in [-0.39, 0.29) is 17.9 Å². The summed E-state index contributed by atoms with van der Waals surface area (Å²) in [5.41, 5.74) is 1.29. The maximum atomic E-state index is 12.8. The standard InChI is InChI=1S/C20H25N3O3/c1-14(2)12-23-16(13-22-10-4-5-18(22)20(23)25)11-21-19(24)15-6-8-17(26-3)9-7-15/h4-10,14,16H,11-13H2,1-3H3,(H,21,24). The van der Waals surface area contributed by atoms with Gasteiger partial charge in [-0.15, -0.1) is 0 Å². The monoisotopic (exact) mass is 355 g/mol. The topological polar surface area (TPSA) is 63.6 Å². The Bertz CT molecular complexity index is 780. The average Bonchev–Trinajstić information content (AvgIpc) is 3.11. The number of rotatable bonds is 6. The molecule has 1 aromatic carbocycles. The van der Waals surface area contributed by atoms with Gasteiger partial charge >= 0.3 is 0 Å². The van der Waals surface area contributed by atoms with E-state index in [9.17, 15) is 9.59 Å². The number of carbonyl (C=O) groups is 2. The zero-order valence-electron chi connectivity index (χ0n) is 15.4. The molecule has 0 saturated carbocycles. The number of methoxy groups -OCH3 is 1. The number of hydrogen-bond acceptors (Lipinski definition) is 3. The van der Waals surface area contributed by atoms with Crippen LogP contribution in [-0.2, 0) is 6.54 Å². The van der Waals surface area contributed by atoms with Crippen molar-refractivity contribution < 1.29 is 14.3 Å². The van der Waals surface area contributed by atoms with Gasteiger partial charge < -0.3 is 19.5 Å². The highest BCUT2D eigenvalue weighted by Crippen LogP contribution is 2.20. The number of ether oxygens (including phenoxy) is 1. The fraction of sp³-hybridized carbons (Fsp3) is 0.400. The lowest BCUT2D eigenvalue weighted by Crippen LogP contribution is -2.53. The van der Waals surface area contributed by atoms with Crippen molar-refractivity contribution in [1.82, 2.24) is 14.8 Å². The molecule has 0 fully saturated rings. The molecule has 6 heteroatoms. The lowest BCUT2D eigenvalue weighted by molar-refractivity contribution is 0.0554. The van der Waals surface area contributed by atoms with Crippen molar-refractivity contribution in [3.8, 4) is 5.75 Å². The fourth-order valence-corrected chi connectivity index (χ4v) is 3.26. The molecule has 2 amide bonds. The molecular formula is C20H25N3O3. The number of aromatic nitrogens is 1. The summed E-state index contributed by atoms with van der Waals surface area (Å²) in [6.07, 6.45) is 1.91. The summed E-state index contributed by atoms with van der Waals surface area (Å²) in [5.74, 6) is 0.949. The van der Waals surface area contributed by atoms with Crippen LogP contribution in [0.5, 0.6) is 5.75 Å². The van der Waals surface area contributed by atoms with E-state index in [0.717, 1.165) is 0 Å². The zero-order chi connectivity index (χ0) is 18.7. The van der Waals surface area contributed by atoms with Crippen molar-refractivity contribution >= 4 is 11.8 Å². The summed E-state index contributed by atoms with van der Waals surface area (Å²) in [5, 5.41) is 2.97. The van der Waals surface area contributed by atoms with Crippen molar-refractivity contribution in [2.24, 2.45) is 5.92 Å². The Hall–Kier alpha value is -2.76. The summed E-state index contributed by atoms with van der Waals surface area (Å²) in [7, 11) is 1.59. The number of fused-ring (bicyclic) bond motifs is 1. The van der Waals surface area contributed by atoms with Gasteiger partial charge in [0.1, 0.15) is 11.4 Å². The van der Waals surface area contributed by atoms with Crippen LogP contribution in [0.3, 0.4) is 0 Å². The summed E-state index contributed by atoms with van der Waals surface area (Å²) in [4.78, 5) is 27.1. The van der Waals surface area contributed by atoms with Crippen LogP contribution in [0.2, 0.25) is 0 Å². The molecule has 0 spiro atoms. The van der Waals surface area contributed by atoms with Crippen molar-refractivity contribution in [3.63, 3.8) is 0 Å². The third-order valence-corrected chi connectivity index (χ3v) is 4.57.